The number of rotatable bonds is 4. The van der Waals surface area contributed by atoms with Crippen LogP contribution in [0.3, 0.4) is 0 Å². The van der Waals surface area contributed by atoms with Crippen molar-refractivity contribution in [3.05, 3.63) is 66.1 Å². The summed E-state index contributed by atoms with van der Waals surface area (Å²) in [6.07, 6.45) is 5.25. The first-order valence-corrected chi connectivity index (χ1v) is 9.12. The SMILES string of the molecule is Cc1ccc(/C(C=NCC(C)(C)C)=C/N)c(-c2ccc3cccnc3c2)n1. The molecule has 27 heavy (non-hydrogen) atoms. The molecule has 138 valence electrons. The number of aromatic nitrogens is 2. The van der Waals surface area contributed by atoms with Gasteiger partial charge in [-0.25, -0.2) is 0 Å². The third-order valence-electron chi connectivity index (χ3n) is 4.20. The molecule has 0 saturated carbocycles. The average Bonchev–Trinajstić information content (AvgIpc) is 2.64. The van der Waals surface area contributed by atoms with Gasteiger partial charge in [-0.05, 0) is 30.5 Å². The topological polar surface area (TPSA) is 64.2 Å². The van der Waals surface area contributed by atoms with Gasteiger partial charge in [0.05, 0.1) is 11.2 Å². The summed E-state index contributed by atoms with van der Waals surface area (Å²) < 4.78 is 0. The summed E-state index contributed by atoms with van der Waals surface area (Å²) in [5, 5.41) is 1.11. The molecule has 2 N–H and O–H groups in total. The van der Waals surface area contributed by atoms with E-state index in [0.29, 0.717) is 0 Å². The first-order valence-electron chi connectivity index (χ1n) is 9.12. The molecule has 0 unspecified atom stereocenters. The molecule has 2 heterocycles. The molecule has 3 rings (SSSR count). The fraction of sp³-hybridized carbons (Fsp3) is 0.261. The third kappa shape index (κ3) is 4.59. The molecule has 4 heteroatoms. The molecule has 2 aromatic heterocycles. The van der Waals surface area contributed by atoms with Crippen LogP contribution in [0, 0.1) is 12.3 Å². The van der Waals surface area contributed by atoms with E-state index in [0.717, 1.165) is 45.5 Å². The van der Waals surface area contributed by atoms with Gasteiger partial charge in [0.2, 0.25) is 0 Å². The van der Waals surface area contributed by atoms with Crippen molar-refractivity contribution in [2.75, 3.05) is 6.54 Å². The second kappa shape index (κ2) is 7.70. The van der Waals surface area contributed by atoms with Crippen LogP contribution in [0.15, 0.2) is 59.9 Å². The number of aryl methyl sites for hydroxylation is 1. The number of benzene rings is 1. The predicted octanol–water partition coefficient (Wildman–Crippen LogP) is 5.02. The van der Waals surface area contributed by atoms with Crippen molar-refractivity contribution in [2.24, 2.45) is 16.1 Å². The Hall–Kier alpha value is -3.01. The van der Waals surface area contributed by atoms with Crippen molar-refractivity contribution in [1.29, 1.82) is 0 Å². The molecule has 3 aromatic rings. The average molecular weight is 358 g/mol. The highest BCUT2D eigenvalue weighted by atomic mass is 14.7. The normalized spacial score (nSPS) is 12.8. The minimum absolute atomic E-state index is 0.134. The zero-order chi connectivity index (χ0) is 19.4. The highest BCUT2D eigenvalue weighted by Gasteiger charge is 2.13. The van der Waals surface area contributed by atoms with Gasteiger partial charge in [0.1, 0.15) is 0 Å². The Morgan fingerprint density at radius 3 is 2.70 bits per heavy atom. The van der Waals surface area contributed by atoms with E-state index in [9.17, 15) is 0 Å². The second-order valence-electron chi connectivity index (χ2n) is 7.91. The minimum Gasteiger partial charge on any atom is -0.404 e. The summed E-state index contributed by atoms with van der Waals surface area (Å²) in [6, 6.07) is 14.3. The van der Waals surface area contributed by atoms with Gasteiger partial charge >= 0.3 is 0 Å². The summed E-state index contributed by atoms with van der Waals surface area (Å²) in [4.78, 5) is 13.8. The van der Waals surface area contributed by atoms with Crippen LogP contribution in [0.2, 0.25) is 0 Å². The van der Waals surface area contributed by atoms with Crippen LogP contribution in [-0.2, 0) is 0 Å². The fourth-order valence-corrected chi connectivity index (χ4v) is 2.84. The van der Waals surface area contributed by atoms with E-state index in [4.69, 9.17) is 10.7 Å². The number of hydrogen-bond acceptors (Lipinski definition) is 4. The number of hydrogen-bond donors (Lipinski definition) is 1. The van der Waals surface area contributed by atoms with Crippen LogP contribution < -0.4 is 5.73 Å². The van der Waals surface area contributed by atoms with Gasteiger partial charge in [0, 0.05) is 52.9 Å². The van der Waals surface area contributed by atoms with Crippen molar-refractivity contribution in [3.63, 3.8) is 0 Å². The van der Waals surface area contributed by atoms with E-state index in [2.05, 4.69) is 61.1 Å². The Bertz CT molecular complexity index is 1010. The first-order chi connectivity index (χ1) is 12.9. The summed E-state index contributed by atoms with van der Waals surface area (Å²) in [5.41, 5.74) is 11.7. The third-order valence-corrected chi connectivity index (χ3v) is 4.20. The van der Waals surface area contributed by atoms with Gasteiger partial charge in [-0.1, -0.05) is 45.0 Å². The number of nitrogens with zero attached hydrogens (tertiary/aromatic N) is 3. The van der Waals surface area contributed by atoms with Gasteiger partial charge in [-0.2, -0.15) is 0 Å². The van der Waals surface area contributed by atoms with Gasteiger partial charge in [-0.15, -0.1) is 0 Å². The van der Waals surface area contributed by atoms with Crippen molar-refractivity contribution < 1.29 is 0 Å². The molecule has 0 fully saturated rings. The summed E-state index contributed by atoms with van der Waals surface area (Å²) in [6.45, 7) is 9.22. The quantitative estimate of drug-likeness (QED) is 0.666. The molecule has 0 radical (unpaired) electrons. The molecule has 0 aliphatic rings. The van der Waals surface area contributed by atoms with Crippen LogP contribution in [0.1, 0.15) is 32.0 Å². The van der Waals surface area contributed by atoms with E-state index in [1.54, 1.807) is 12.4 Å². The fourth-order valence-electron chi connectivity index (χ4n) is 2.84. The molecule has 0 atom stereocenters. The lowest BCUT2D eigenvalue weighted by Crippen LogP contribution is -2.09. The Morgan fingerprint density at radius 1 is 1.15 bits per heavy atom. The predicted molar refractivity (Wildman–Crippen MR) is 115 cm³/mol. The van der Waals surface area contributed by atoms with Crippen molar-refractivity contribution >= 4 is 22.7 Å². The van der Waals surface area contributed by atoms with Crippen LogP contribution in [0.5, 0.6) is 0 Å². The molecule has 0 saturated heterocycles. The molecule has 4 nitrogen and oxygen atoms in total. The minimum atomic E-state index is 0.134. The van der Waals surface area contributed by atoms with Crippen LogP contribution in [-0.4, -0.2) is 22.7 Å². The number of pyridine rings is 2. The molecular weight excluding hydrogens is 332 g/mol. The monoisotopic (exact) mass is 358 g/mol. The number of nitrogens with two attached hydrogens (primary N) is 1. The molecule has 0 bridgehead atoms. The number of fused-ring (bicyclic) bond motifs is 1. The van der Waals surface area contributed by atoms with E-state index < -0.39 is 0 Å². The summed E-state index contributed by atoms with van der Waals surface area (Å²) in [7, 11) is 0. The molecule has 0 aliphatic carbocycles. The maximum atomic E-state index is 5.94. The number of allylic oxidation sites excluding steroid dienone is 1. The first kappa shape index (κ1) is 18.8. The highest BCUT2D eigenvalue weighted by molar-refractivity contribution is 6.11. The largest absolute Gasteiger partial charge is 0.404 e. The van der Waals surface area contributed by atoms with Gasteiger partial charge in [0.25, 0.3) is 0 Å². The zero-order valence-electron chi connectivity index (χ0n) is 16.4. The smallest absolute Gasteiger partial charge is 0.0785 e. The van der Waals surface area contributed by atoms with E-state index in [1.165, 1.54) is 0 Å². The Labute approximate surface area is 160 Å². The molecule has 1 aromatic carbocycles. The van der Waals surface area contributed by atoms with Gasteiger partial charge in [0.15, 0.2) is 0 Å². The highest BCUT2D eigenvalue weighted by Crippen LogP contribution is 2.29. The van der Waals surface area contributed by atoms with Crippen LogP contribution in [0.4, 0.5) is 0 Å². The van der Waals surface area contributed by atoms with Crippen LogP contribution >= 0.6 is 0 Å². The summed E-state index contributed by atoms with van der Waals surface area (Å²) >= 11 is 0. The number of aliphatic imine (C=N–C) groups is 1. The lowest BCUT2D eigenvalue weighted by atomic mass is 9.97. The maximum absolute atomic E-state index is 5.94. The lowest BCUT2D eigenvalue weighted by molar-refractivity contribution is 0.430. The van der Waals surface area contributed by atoms with Crippen molar-refractivity contribution in [1.82, 2.24) is 9.97 Å². The molecule has 0 spiro atoms. The Kier molecular flexibility index (Phi) is 5.36. The molecular formula is C23H26N4. The second-order valence-corrected chi connectivity index (χ2v) is 7.91. The summed E-state index contributed by atoms with van der Waals surface area (Å²) in [5.74, 6) is 0. The van der Waals surface area contributed by atoms with E-state index in [1.807, 2.05) is 25.3 Å². The molecule has 0 aliphatic heterocycles. The zero-order valence-corrected chi connectivity index (χ0v) is 16.4. The van der Waals surface area contributed by atoms with Gasteiger partial charge < -0.3 is 5.73 Å². The molecule has 0 amide bonds. The van der Waals surface area contributed by atoms with E-state index in [-0.39, 0.29) is 5.41 Å². The standard InChI is InChI=1S/C23H26N4/c1-16-7-10-20(19(13-24)14-25-15-23(2,3)4)22(27-16)18-9-8-17-6-5-11-26-21(17)12-18/h5-14H,15,24H2,1-4H3/b19-13+,25-14?. The van der Waals surface area contributed by atoms with Gasteiger partial charge in [-0.3, -0.25) is 15.0 Å². The Morgan fingerprint density at radius 2 is 1.96 bits per heavy atom. The Balaban J connectivity index is 2.06. The van der Waals surface area contributed by atoms with Crippen LogP contribution in [0.25, 0.3) is 27.7 Å². The lowest BCUT2D eigenvalue weighted by Gasteiger charge is -2.15. The van der Waals surface area contributed by atoms with E-state index >= 15 is 0 Å². The van der Waals surface area contributed by atoms with Crippen molar-refractivity contribution in [2.45, 2.75) is 27.7 Å². The van der Waals surface area contributed by atoms with Crippen molar-refractivity contribution in [3.8, 4) is 11.3 Å². The maximum Gasteiger partial charge on any atom is 0.0785 e.